The van der Waals surface area contributed by atoms with Gasteiger partial charge >= 0.3 is 0 Å². The van der Waals surface area contributed by atoms with Crippen molar-refractivity contribution in [1.82, 2.24) is 9.97 Å². The van der Waals surface area contributed by atoms with Gasteiger partial charge in [0.15, 0.2) is 0 Å². The molecule has 26 heavy (non-hydrogen) atoms. The van der Waals surface area contributed by atoms with Crippen LogP contribution in [0.25, 0.3) is 0 Å². The maximum Gasteiger partial charge on any atom is 0.274 e. The van der Waals surface area contributed by atoms with Gasteiger partial charge in [0.25, 0.3) is 5.91 Å². The van der Waals surface area contributed by atoms with Gasteiger partial charge in [0.2, 0.25) is 5.95 Å². The molecule has 0 saturated carbocycles. The summed E-state index contributed by atoms with van der Waals surface area (Å²) in [5.74, 6) is 0.506. The van der Waals surface area contributed by atoms with Gasteiger partial charge in [-0.25, -0.2) is 9.97 Å². The number of amides is 1. The molecule has 0 fully saturated rings. The summed E-state index contributed by atoms with van der Waals surface area (Å²) in [5, 5.41) is 6.37. The summed E-state index contributed by atoms with van der Waals surface area (Å²) in [6.45, 7) is 1.79. The molecule has 7 heteroatoms. The Balaban J connectivity index is 1.85. The molecule has 0 aliphatic carbocycles. The summed E-state index contributed by atoms with van der Waals surface area (Å²) in [4.78, 5) is 21.2. The molecule has 2 N–H and O–H groups in total. The number of rotatable bonds is 5. The topological polar surface area (TPSA) is 76.1 Å². The Morgan fingerprint density at radius 3 is 2.46 bits per heavy atom. The van der Waals surface area contributed by atoms with Crippen LogP contribution in [-0.4, -0.2) is 23.0 Å². The second-order valence-electron chi connectivity index (χ2n) is 5.48. The van der Waals surface area contributed by atoms with E-state index < -0.39 is 0 Å². The average molecular weight is 369 g/mol. The van der Waals surface area contributed by atoms with Crippen LogP contribution < -0.4 is 15.4 Å². The number of anilines is 3. The van der Waals surface area contributed by atoms with E-state index in [0.717, 1.165) is 0 Å². The number of halogens is 1. The highest BCUT2D eigenvalue weighted by atomic mass is 35.5. The van der Waals surface area contributed by atoms with E-state index in [4.69, 9.17) is 16.3 Å². The van der Waals surface area contributed by atoms with Crippen LogP contribution in [0, 0.1) is 6.92 Å². The summed E-state index contributed by atoms with van der Waals surface area (Å²) in [7, 11) is 1.55. The molecule has 3 rings (SSSR count). The number of nitrogens with one attached hydrogen (secondary N) is 2. The predicted molar refractivity (Wildman–Crippen MR) is 102 cm³/mol. The molecule has 0 aliphatic rings. The van der Waals surface area contributed by atoms with Crippen LogP contribution in [0.2, 0.25) is 5.02 Å². The van der Waals surface area contributed by atoms with E-state index in [0.29, 0.717) is 33.8 Å². The predicted octanol–water partition coefficient (Wildman–Crippen LogP) is 4.44. The van der Waals surface area contributed by atoms with Crippen LogP contribution >= 0.6 is 11.6 Å². The summed E-state index contributed by atoms with van der Waals surface area (Å²) in [5.41, 5.74) is 2.12. The number of ether oxygens (including phenoxy) is 1. The third-order valence-corrected chi connectivity index (χ3v) is 3.89. The molecule has 1 amide bonds. The Hall–Kier alpha value is -3.12. The molecule has 0 radical (unpaired) electrons. The van der Waals surface area contributed by atoms with Crippen molar-refractivity contribution in [2.75, 3.05) is 17.7 Å². The van der Waals surface area contributed by atoms with Crippen molar-refractivity contribution in [3.63, 3.8) is 0 Å². The van der Waals surface area contributed by atoms with E-state index in [2.05, 4.69) is 20.6 Å². The molecule has 3 aromatic rings. The van der Waals surface area contributed by atoms with Gasteiger partial charge in [-0.15, -0.1) is 0 Å². The number of nitrogens with zero attached hydrogens (tertiary/aromatic N) is 2. The zero-order valence-electron chi connectivity index (χ0n) is 14.3. The molecule has 0 bridgehead atoms. The molecule has 2 aromatic carbocycles. The Kier molecular flexibility index (Phi) is 5.34. The lowest BCUT2D eigenvalue weighted by atomic mass is 10.2. The SMILES string of the molecule is COc1ccccc1NC(=O)c1cc(C)nc(Nc2ccccc2Cl)n1. The Morgan fingerprint density at radius 1 is 1.04 bits per heavy atom. The number of para-hydroxylation sites is 3. The van der Waals surface area contributed by atoms with Crippen molar-refractivity contribution in [3.05, 3.63) is 71.0 Å². The Labute approximate surface area is 156 Å². The number of aromatic nitrogens is 2. The van der Waals surface area contributed by atoms with Gasteiger partial charge in [-0.1, -0.05) is 35.9 Å². The third-order valence-electron chi connectivity index (χ3n) is 3.56. The van der Waals surface area contributed by atoms with Crippen molar-refractivity contribution in [2.24, 2.45) is 0 Å². The maximum absolute atomic E-state index is 12.6. The van der Waals surface area contributed by atoms with Crippen LogP contribution in [-0.2, 0) is 0 Å². The van der Waals surface area contributed by atoms with Crippen LogP contribution in [0.15, 0.2) is 54.6 Å². The number of aryl methyl sites for hydroxylation is 1. The first-order valence-corrected chi connectivity index (χ1v) is 8.26. The molecular formula is C19H17ClN4O2. The van der Waals surface area contributed by atoms with Gasteiger partial charge in [0.05, 0.1) is 23.5 Å². The molecule has 0 saturated heterocycles. The van der Waals surface area contributed by atoms with E-state index in [1.54, 1.807) is 38.3 Å². The number of hydrogen-bond donors (Lipinski definition) is 2. The van der Waals surface area contributed by atoms with Crippen LogP contribution in [0.5, 0.6) is 5.75 Å². The molecule has 0 aliphatic heterocycles. The smallest absolute Gasteiger partial charge is 0.274 e. The molecule has 1 heterocycles. The number of carbonyl (C=O) groups is 1. The number of benzene rings is 2. The fourth-order valence-corrected chi connectivity index (χ4v) is 2.54. The fourth-order valence-electron chi connectivity index (χ4n) is 2.36. The molecule has 0 atom stereocenters. The lowest BCUT2D eigenvalue weighted by Crippen LogP contribution is -2.16. The van der Waals surface area contributed by atoms with Gasteiger partial charge in [-0.05, 0) is 37.3 Å². The normalized spacial score (nSPS) is 10.3. The van der Waals surface area contributed by atoms with Crippen molar-refractivity contribution in [3.8, 4) is 5.75 Å². The van der Waals surface area contributed by atoms with E-state index in [1.165, 1.54) is 0 Å². The quantitative estimate of drug-likeness (QED) is 0.696. The van der Waals surface area contributed by atoms with Crippen LogP contribution in [0.3, 0.4) is 0 Å². The average Bonchev–Trinajstić information content (AvgIpc) is 2.63. The van der Waals surface area contributed by atoms with Crippen molar-refractivity contribution < 1.29 is 9.53 Å². The van der Waals surface area contributed by atoms with Gasteiger partial charge in [0, 0.05) is 5.69 Å². The molecule has 0 unspecified atom stereocenters. The Morgan fingerprint density at radius 2 is 1.73 bits per heavy atom. The monoisotopic (exact) mass is 368 g/mol. The van der Waals surface area contributed by atoms with E-state index in [-0.39, 0.29) is 11.6 Å². The Bertz CT molecular complexity index is 946. The second-order valence-corrected chi connectivity index (χ2v) is 5.88. The van der Waals surface area contributed by atoms with E-state index >= 15 is 0 Å². The van der Waals surface area contributed by atoms with Gasteiger partial charge in [-0.2, -0.15) is 0 Å². The van der Waals surface area contributed by atoms with Crippen LogP contribution in [0.1, 0.15) is 16.2 Å². The number of carbonyl (C=O) groups excluding carboxylic acids is 1. The highest BCUT2D eigenvalue weighted by Gasteiger charge is 2.13. The van der Waals surface area contributed by atoms with Crippen molar-refractivity contribution in [1.29, 1.82) is 0 Å². The standard InChI is InChI=1S/C19H17ClN4O2/c1-12-11-16(18(25)22-15-9-5-6-10-17(15)26-2)24-19(21-12)23-14-8-4-3-7-13(14)20/h3-11H,1-2H3,(H,22,25)(H,21,23,24). The van der Waals surface area contributed by atoms with Gasteiger partial charge in [0.1, 0.15) is 11.4 Å². The zero-order valence-corrected chi connectivity index (χ0v) is 15.0. The highest BCUT2D eigenvalue weighted by Crippen LogP contribution is 2.25. The van der Waals surface area contributed by atoms with Crippen LogP contribution in [0.4, 0.5) is 17.3 Å². The summed E-state index contributed by atoms with van der Waals surface area (Å²) in [6, 6.07) is 16.0. The first-order valence-electron chi connectivity index (χ1n) is 7.88. The molecule has 132 valence electrons. The minimum absolute atomic E-state index is 0.234. The van der Waals surface area contributed by atoms with E-state index in [1.807, 2.05) is 30.3 Å². The minimum Gasteiger partial charge on any atom is -0.495 e. The summed E-state index contributed by atoms with van der Waals surface area (Å²) < 4.78 is 5.25. The van der Waals surface area contributed by atoms with Crippen molar-refractivity contribution >= 4 is 34.8 Å². The van der Waals surface area contributed by atoms with Gasteiger partial charge in [-0.3, -0.25) is 4.79 Å². The lowest BCUT2D eigenvalue weighted by molar-refractivity contribution is 0.102. The zero-order chi connectivity index (χ0) is 18.5. The summed E-state index contributed by atoms with van der Waals surface area (Å²) >= 11 is 6.15. The molecule has 0 spiro atoms. The largest absolute Gasteiger partial charge is 0.495 e. The molecule has 1 aromatic heterocycles. The first kappa shape index (κ1) is 17.7. The minimum atomic E-state index is -0.359. The third kappa shape index (κ3) is 4.10. The van der Waals surface area contributed by atoms with Gasteiger partial charge < -0.3 is 15.4 Å². The number of hydrogen-bond acceptors (Lipinski definition) is 5. The second kappa shape index (κ2) is 7.84. The maximum atomic E-state index is 12.6. The van der Waals surface area contributed by atoms with Crippen molar-refractivity contribution in [2.45, 2.75) is 6.92 Å². The van der Waals surface area contributed by atoms with E-state index in [9.17, 15) is 4.79 Å². The first-order chi connectivity index (χ1) is 12.6. The summed E-state index contributed by atoms with van der Waals surface area (Å²) in [6.07, 6.45) is 0. The lowest BCUT2D eigenvalue weighted by Gasteiger charge is -2.11. The fraction of sp³-hybridized carbons (Fsp3) is 0.105. The number of methoxy groups -OCH3 is 1. The molecule has 6 nitrogen and oxygen atoms in total. The molecular weight excluding hydrogens is 352 g/mol. The highest BCUT2D eigenvalue weighted by molar-refractivity contribution is 6.33.